The second-order valence-corrected chi connectivity index (χ2v) is 3.63. The maximum absolute atomic E-state index is 11.4. The zero-order valence-electron chi connectivity index (χ0n) is 8.77. The van der Waals surface area contributed by atoms with Crippen LogP contribution in [0.1, 0.15) is 11.7 Å². The van der Waals surface area contributed by atoms with Gasteiger partial charge in [0.15, 0.2) is 5.92 Å². The Morgan fingerprint density at radius 2 is 2.11 bits per heavy atom. The van der Waals surface area contributed by atoms with E-state index in [-0.39, 0.29) is 5.56 Å². The normalized spacial score (nSPS) is 21.9. The Morgan fingerprint density at radius 3 is 2.67 bits per heavy atom. The van der Waals surface area contributed by atoms with Crippen molar-refractivity contribution in [3.8, 4) is 5.75 Å². The number of carbonyl (C=O) groups is 2. The average molecular weight is 253 g/mol. The van der Waals surface area contributed by atoms with Crippen molar-refractivity contribution < 1.29 is 29.5 Å². The molecule has 0 spiro atoms. The van der Waals surface area contributed by atoms with Crippen LogP contribution in [0.3, 0.4) is 0 Å². The smallest absolute Gasteiger partial charge is 0.329 e. The molecule has 18 heavy (non-hydrogen) atoms. The number of para-hydroxylation sites is 1. The van der Waals surface area contributed by atoms with Crippen LogP contribution in [-0.2, 0) is 9.59 Å². The molecule has 1 heterocycles. The number of hydrogen-bond acceptors (Lipinski definition) is 6. The van der Waals surface area contributed by atoms with E-state index in [4.69, 9.17) is 5.11 Å². The van der Waals surface area contributed by atoms with Crippen LogP contribution < -0.4 is 4.74 Å². The summed E-state index contributed by atoms with van der Waals surface area (Å²) < 4.78 is 4.65. The highest BCUT2D eigenvalue weighted by Gasteiger charge is 2.44. The SMILES string of the molecule is O=C(O)[C@@H]1C(=O)Oc2c(cccc2[N+](=O)[O-])[C@H]1O. The van der Waals surface area contributed by atoms with Gasteiger partial charge in [0, 0.05) is 11.6 Å². The maximum Gasteiger partial charge on any atom is 0.329 e. The molecule has 8 heteroatoms. The van der Waals surface area contributed by atoms with Crippen molar-refractivity contribution in [2.24, 2.45) is 5.92 Å². The van der Waals surface area contributed by atoms with Gasteiger partial charge in [0.05, 0.1) is 4.92 Å². The number of benzene rings is 1. The summed E-state index contributed by atoms with van der Waals surface area (Å²) in [6.07, 6.45) is -1.67. The van der Waals surface area contributed by atoms with E-state index in [1.54, 1.807) is 0 Å². The lowest BCUT2D eigenvalue weighted by Crippen LogP contribution is -2.37. The van der Waals surface area contributed by atoms with Crippen LogP contribution in [0.25, 0.3) is 0 Å². The fourth-order valence-electron chi connectivity index (χ4n) is 1.74. The molecule has 0 saturated heterocycles. The van der Waals surface area contributed by atoms with Gasteiger partial charge in [-0.15, -0.1) is 0 Å². The Hall–Kier alpha value is -2.48. The molecular formula is C10H7NO7. The summed E-state index contributed by atoms with van der Waals surface area (Å²) in [7, 11) is 0. The molecular weight excluding hydrogens is 246 g/mol. The van der Waals surface area contributed by atoms with E-state index in [0.29, 0.717) is 0 Å². The fourth-order valence-corrected chi connectivity index (χ4v) is 1.74. The summed E-state index contributed by atoms with van der Waals surface area (Å²) in [5, 5.41) is 29.3. The molecule has 0 bridgehead atoms. The number of carbonyl (C=O) groups excluding carboxylic acids is 1. The van der Waals surface area contributed by atoms with E-state index in [1.165, 1.54) is 12.1 Å². The van der Waals surface area contributed by atoms with Crippen LogP contribution in [0.4, 0.5) is 5.69 Å². The van der Waals surface area contributed by atoms with E-state index in [2.05, 4.69) is 4.74 Å². The lowest BCUT2D eigenvalue weighted by Gasteiger charge is -2.25. The lowest BCUT2D eigenvalue weighted by atomic mass is 9.92. The van der Waals surface area contributed by atoms with Crippen molar-refractivity contribution >= 4 is 17.6 Å². The van der Waals surface area contributed by atoms with E-state index in [1.807, 2.05) is 0 Å². The van der Waals surface area contributed by atoms with Crippen LogP contribution in [0, 0.1) is 16.0 Å². The predicted octanol–water partition coefficient (Wildman–Crippen LogP) is 0.248. The zero-order valence-corrected chi connectivity index (χ0v) is 8.77. The topological polar surface area (TPSA) is 127 Å². The molecule has 2 atom stereocenters. The van der Waals surface area contributed by atoms with Crippen LogP contribution in [0.15, 0.2) is 18.2 Å². The first-order chi connectivity index (χ1) is 8.43. The molecule has 0 saturated carbocycles. The van der Waals surface area contributed by atoms with Gasteiger partial charge in [-0.2, -0.15) is 0 Å². The molecule has 0 fully saturated rings. The van der Waals surface area contributed by atoms with Crippen molar-refractivity contribution in [1.82, 2.24) is 0 Å². The molecule has 0 aromatic heterocycles. The van der Waals surface area contributed by atoms with Gasteiger partial charge in [-0.25, -0.2) is 0 Å². The molecule has 94 valence electrons. The number of carboxylic acid groups (broad SMARTS) is 1. The molecule has 0 aliphatic carbocycles. The number of carboxylic acids is 1. The maximum atomic E-state index is 11.4. The number of nitro groups is 1. The molecule has 1 aliphatic rings. The summed E-state index contributed by atoms with van der Waals surface area (Å²) in [5.74, 6) is -4.96. The van der Waals surface area contributed by atoms with E-state index in [9.17, 15) is 24.8 Å². The van der Waals surface area contributed by atoms with Crippen molar-refractivity contribution in [1.29, 1.82) is 0 Å². The number of aliphatic hydroxyl groups excluding tert-OH is 1. The number of esters is 1. The number of nitrogens with zero attached hydrogens (tertiary/aromatic N) is 1. The number of rotatable bonds is 2. The fraction of sp³-hybridized carbons (Fsp3) is 0.200. The van der Waals surface area contributed by atoms with Gasteiger partial charge in [-0.3, -0.25) is 19.7 Å². The van der Waals surface area contributed by atoms with Crippen molar-refractivity contribution in [3.05, 3.63) is 33.9 Å². The largest absolute Gasteiger partial charge is 0.481 e. The minimum absolute atomic E-state index is 0.0869. The standard InChI is InChI=1S/C10H7NO7/c12-7-4-2-1-3-5(11(16)17)8(4)18-10(15)6(7)9(13)14/h1-3,6-7,12H,(H,13,14)/t6-,7-/m1/s1. The van der Waals surface area contributed by atoms with Crippen LogP contribution in [-0.4, -0.2) is 27.1 Å². The zero-order chi connectivity index (χ0) is 13.4. The Labute approximate surface area is 99.6 Å². The monoisotopic (exact) mass is 253 g/mol. The number of ether oxygens (including phenoxy) is 1. The van der Waals surface area contributed by atoms with Crippen LogP contribution >= 0.6 is 0 Å². The van der Waals surface area contributed by atoms with Gasteiger partial charge in [-0.05, 0) is 0 Å². The summed E-state index contributed by atoms with van der Waals surface area (Å²) in [6.45, 7) is 0. The summed E-state index contributed by atoms with van der Waals surface area (Å²) in [6, 6.07) is 3.65. The first-order valence-electron chi connectivity index (χ1n) is 4.83. The molecule has 0 amide bonds. The summed E-state index contributed by atoms with van der Waals surface area (Å²) >= 11 is 0. The Kier molecular flexibility index (Phi) is 2.71. The number of aliphatic hydroxyl groups is 1. The molecule has 2 N–H and O–H groups in total. The third-order valence-corrected chi connectivity index (χ3v) is 2.58. The van der Waals surface area contributed by atoms with Crippen molar-refractivity contribution in [2.45, 2.75) is 6.10 Å². The minimum Gasteiger partial charge on any atom is -0.481 e. The Balaban J connectivity index is 2.58. The number of hydrogen-bond donors (Lipinski definition) is 2. The average Bonchev–Trinajstić information content (AvgIpc) is 2.27. The highest BCUT2D eigenvalue weighted by Crippen LogP contribution is 2.41. The van der Waals surface area contributed by atoms with Gasteiger partial charge in [-0.1, -0.05) is 12.1 Å². The van der Waals surface area contributed by atoms with E-state index < -0.39 is 40.3 Å². The molecule has 0 unspecified atom stereocenters. The molecule has 1 aromatic carbocycles. The molecule has 1 aromatic rings. The summed E-state index contributed by atoms with van der Waals surface area (Å²) in [4.78, 5) is 32.1. The lowest BCUT2D eigenvalue weighted by molar-refractivity contribution is -0.385. The van der Waals surface area contributed by atoms with Crippen molar-refractivity contribution in [2.75, 3.05) is 0 Å². The van der Waals surface area contributed by atoms with Gasteiger partial charge in [0.2, 0.25) is 5.75 Å². The molecule has 2 rings (SSSR count). The third kappa shape index (κ3) is 1.68. The van der Waals surface area contributed by atoms with E-state index in [0.717, 1.165) is 6.07 Å². The highest BCUT2D eigenvalue weighted by atomic mass is 16.6. The minimum atomic E-state index is -1.78. The van der Waals surface area contributed by atoms with Crippen LogP contribution in [0.2, 0.25) is 0 Å². The van der Waals surface area contributed by atoms with E-state index >= 15 is 0 Å². The first-order valence-corrected chi connectivity index (χ1v) is 4.83. The summed E-state index contributed by atoms with van der Waals surface area (Å²) in [5.41, 5.74) is -0.583. The Bertz CT molecular complexity index is 553. The second-order valence-electron chi connectivity index (χ2n) is 3.63. The van der Waals surface area contributed by atoms with Gasteiger partial charge < -0.3 is 14.9 Å². The van der Waals surface area contributed by atoms with Crippen molar-refractivity contribution in [3.63, 3.8) is 0 Å². The van der Waals surface area contributed by atoms with Gasteiger partial charge >= 0.3 is 17.6 Å². The van der Waals surface area contributed by atoms with Gasteiger partial charge in [0.1, 0.15) is 6.10 Å². The third-order valence-electron chi connectivity index (χ3n) is 2.58. The van der Waals surface area contributed by atoms with Gasteiger partial charge in [0.25, 0.3) is 0 Å². The quantitative estimate of drug-likeness (QED) is 0.254. The predicted molar refractivity (Wildman–Crippen MR) is 54.8 cm³/mol. The number of fused-ring (bicyclic) bond motifs is 1. The highest BCUT2D eigenvalue weighted by molar-refractivity contribution is 5.97. The second kappa shape index (κ2) is 4.08. The molecule has 8 nitrogen and oxygen atoms in total. The number of aliphatic carboxylic acids is 1. The Morgan fingerprint density at radius 1 is 1.44 bits per heavy atom. The number of nitro benzene ring substituents is 1. The first kappa shape index (κ1) is 12.0. The van der Waals surface area contributed by atoms with Crippen LogP contribution in [0.5, 0.6) is 5.75 Å². The molecule has 0 radical (unpaired) electrons. The molecule has 1 aliphatic heterocycles.